The Kier molecular flexibility index (Phi) is 4.87. The van der Waals surface area contributed by atoms with E-state index in [0.29, 0.717) is 23.2 Å². The van der Waals surface area contributed by atoms with Gasteiger partial charge in [0.05, 0.1) is 18.8 Å². The Morgan fingerprint density at radius 1 is 1.50 bits per heavy atom. The van der Waals surface area contributed by atoms with Gasteiger partial charge >= 0.3 is 0 Å². The minimum atomic E-state index is -0.597. The number of hydrogen-bond donors (Lipinski definition) is 1. The van der Waals surface area contributed by atoms with Crippen LogP contribution in [0.15, 0.2) is 18.2 Å². The van der Waals surface area contributed by atoms with E-state index in [-0.39, 0.29) is 6.10 Å². The SMILES string of the molecule is CC1CN(CC(O)c2ccc(Cl)cc2Cl)CCO1. The van der Waals surface area contributed by atoms with Gasteiger partial charge in [-0.3, -0.25) is 4.90 Å². The molecule has 1 N–H and O–H groups in total. The zero-order chi connectivity index (χ0) is 13.1. The highest BCUT2D eigenvalue weighted by molar-refractivity contribution is 6.35. The molecule has 2 atom stereocenters. The van der Waals surface area contributed by atoms with E-state index in [1.54, 1.807) is 18.2 Å². The third kappa shape index (κ3) is 3.59. The fraction of sp³-hybridized carbons (Fsp3) is 0.538. The number of nitrogens with zero attached hydrogens (tertiary/aromatic N) is 1. The summed E-state index contributed by atoms with van der Waals surface area (Å²) < 4.78 is 5.47. The van der Waals surface area contributed by atoms with Crippen molar-refractivity contribution in [3.05, 3.63) is 33.8 Å². The number of benzene rings is 1. The predicted octanol–water partition coefficient (Wildman–Crippen LogP) is 2.75. The molecule has 0 bridgehead atoms. The third-order valence-electron chi connectivity index (χ3n) is 3.08. The Morgan fingerprint density at radius 2 is 2.28 bits per heavy atom. The molecule has 0 saturated carbocycles. The fourth-order valence-electron chi connectivity index (χ4n) is 2.17. The number of β-amino-alcohol motifs (C(OH)–C–C–N with tert-alkyl or cyclic N) is 1. The molecule has 1 aliphatic heterocycles. The van der Waals surface area contributed by atoms with E-state index >= 15 is 0 Å². The topological polar surface area (TPSA) is 32.7 Å². The minimum absolute atomic E-state index is 0.214. The summed E-state index contributed by atoms with van der Waals surface area (Å²) in [5, 5.41) is 11.3. The number of halogens is 2. The van der Waals surface area contributed by atoms with Crippen LogP contribution in [0.25, 0.3) is 0 Å². The van der Waals surface area contributed by atoms with Gasteiger partial charge in [-0.2, -0.15) is 0 Å². The van der Waals surface area contributed by atoms with Crippen molar-refractivity contribution < 1.29 is 9.84 Å². The average molecular weight is 290 g/mol. The largest absolute Gasteiger partial charge is 0.387 e. The van der Waals surface area contributed by atoms with E-state index in [9.17, 15) is 5.11 Å². The van der Waals surface area contributed by atoms with E-state index < -0.39 is 6.10 Å². The summed E-state index contributed by atoms with van der Waals surface area (Å²) in [4.78, 5) is 2.18. The van der Waals surface area contributed by atoms with Crippen molar-refractivity contribution in [3.8, 4) is 0 Å². The van der Waals surface area contributed by atoms with Crippen molar-refractivity contribution in [1.29, 1.82) is 0 Å². The molecule has 0 aliphatic carbocycles. The van der Waals surface area contributed by atoms with Crippen LogP contribution in [-0.2, 0) is 4.74 Å². The summed E-state index contributed by atoms with van der Waals surface area (Å²) in [6.45, 7) is 4.99. The van der Waals surface area contributed by atoms with Crippen molar-refractivity contribution in [3.63, 3.8) is 0 Å². The van der Waals surface area contributed by atoms with Gasteiger partial charge in [0.1, 0.15) is 0 Å². The first-order valence-corrected chi connectivity index (χ1v) is 6.79. The molecule has 100 valence electrons. The first-order chi connectivity index (χ1) is 8.56. The van der Waals surface area contributed by atoms with E-state index in [2.05, 4.69) is 4.90 Å². The van der Waals surface area contributed by atoms with Crippen LogP contribution in [-0.4, -0.2) is 42.4 Å². The molecule has 3 nitrogen and oxygen atoms in total. The van der Waals surface area contributed by atoms with Crippen molar-refractivity contribution in [2.24, 2.45) is 0 Å². The molecule has 1 aromatic rings. The monoisotopic (exact) mass is 289 g/mol. The summed E-state index contributed by atoms with van der Waals surface area (Å²) in [7, 11) is 0. The van der Waals surface area contributed by atoms with Crippen LogP contribution in [0, 0.1) is 0 Å². The number of aliphatic hydroxyl groups excluding tert-OH is 1. The lowest BCUT2D eigenvalue weighted by Gasteiger charge is -2.32. The number of morpholine rings is 1. The van der Waals surface area contributed by atoms with Gasteiger partial charge in [-0.15, -0.1) is 0 Å². The summed E-state index contributed by atoms with van der Waals surface area (Å²) in [6.07, 6.45) is -0.383. The number of aliphatic hydroxyl groups is 1. The van der Waals surface area contributed by atoms with Crippen LogP contribution in [0.1, 0.15) is 18.6 Å². The van der Waals surface area contributed by atoms with Crippen molar-refractivity contribution >= 4 is 23.2 Å². The quantitative estimate of drug-likeness (QED) is 0.929. The van der Waals surface area contributed by atoms with Gasteiger partial charge in [-0.05, 0) is 19.1 Å². The first-order valence-electron chi connectivity index (χ1n) is 6.03. The second kappa shape index (κ2) is 6.22. The Bertz CT molecular complexity index is 414. The molecule has 5 heteroatoms. The van der Waals surface area contributed by atoms with E-state index in [1.165, 1.54) is 0 Å². The van der Waals surface area contributed by atoms with Gasteiger partial charge in [0.25, 0.3) is 0 Å². The van der Waals surface area contributed by atoms with Crippen LogP contribution in [0.5, 0.6) is 0 Å². The van der Waals surface area contributed by atoms with Gasteiger partial charge in [0.2, 0.25) is 0 Å². The molecule has 1 aliphatic rings. The Labute approximate surface area is 117 Å². The number of ether oxygens (including phenoxy) is 1. The van der Waals surface area contributed by atoms with Gasteiger partial charge < -0.3 is 9.84 Å². The standard InChI is InChI=1S/C13H17Cl2NO2/c1-9-7-16(4-5-18-9)8-13(17)11-3-2-10(14)6-12(11)15/h2-3,6,9,13,17H,4-5,7-8H2,1H3. The van der Waals surface area contributed by atoms with Gasteiger partial charge in [0, 0.05) is 35.2 Å². The number of rotatable bonds is 3. The highest BCUT2D eigenvalue weighted by atomic mass is 35.5. The molecule has 0 aromatic heterocycles. The molecule has 1 heterocycles. The molecule has 2 unspecified atom stereocenters. The molecule has 0 radical (unpaired) electrons. The zero-order valence-electron chi connectivity index (χ0n) is 10.3. The maximum atomic E-state index is 10.2. The maximum Gasteiger partial charge on any atom is 0.0931 e. The zero-order valence-corrected chi connectivity index (χ0v) is 11.8. The van der Waals surface area contributed by atoms with Crippen molar-refractivity contribution in [1.82, 2.24) is 4.90 Å². The van der Waals surface area contributed by atoms with Crippen LogP contribution in [0.3, 0.4) is 0 Å². The summed E-state index contributed by atoms with van der Waals surface area (Å²) in [5.41, 5.74) is 0.722. The Hall–Kier alpha value is -0.320. The first kappa shape index (κ1) is 14.1. The lowest BCUT2D eigenvalue weighted by Crippen LogP contribution is -2.42. The molecular weight excluding hydrogens is 273 g/mol. The molecule has 0 spiro atoms. The van der Waals surface area contributed by atoms with Crippen LogP contribution < -0.4 is 0 Å². The van der Waals surface area contributed by atoms with Crippen molar-refractivity contribution in [2.45, 2.75) is 19.1 Å². The van der Waals surface area contributed by atoms with E-state index in [0.717, 1.165) is 18.7 Å². The molecule has 1 aromatic carbocycles. The maximum absolute atomic E-state index is 10.2. The van der Waals surface area contributed by atoms with Crippen LogP contribution >= 0.6 is 23.2 Å². The number of hydrogen-bond acceptors (Lipinski definition) is 3. The minimum Gasteiger partial charge on any atom is -0.387 e. The smallest absolute Gasteiger partial charge is 0.0931 e. The highest BCUT2D eigenvalue weighted by Gasteiger charge is 2.21. The third-order valence-corrected chi connectivity index (χ3v) is 3.64. The molecule has 2 rings (SSSR count). The normalized spacial score (nSPS) is 23.0. The molecule has 0 amide bonds. The van der Waals surface area contributed by atoms with Gasteiger partial charge in [-0.1, -0.05) is 29.3 Å². The van der Waals surface area contributed by atoms with E-state index in [1.807, 2.05) is 6.92 Å². The predicted molar refractivity (Wildman–Crippen MR) is 73.3 cm³/mol. The molecule has 1 fully saturated rings. The molecular formula is C13H17Cl2NO2. The van der Waals surface area contributed by atoms with Gasteiger partial charge in [-0.25, -0.2) is 0 Å². The lowest BCUT2D eigenvalue weighted by atomic mass is 10.1. The average Bonchev–Trinajstić information content (AvgIpc) is 2.28. The Morgan fingerprint density at radius 3 is 2.94 bits per heavy atom. The molecule has 18 heavy (non-hydrogen) atoms. The van der Waals surface area contributed by atoms with E-state index in [4.69, 9.17) is 27.9 Å². The second-order valence-electron chi connectivity index (χ2n) is 4.62. The lowest BCUT2D eigenvalue weighted by molar-refractivity contribution is -0.0318. The summed E-state index contributed by atoms with van der Waals surface area (Å²) in [6, 6.07) is 5.18. The second-order valence-corrected chi connectivity index (χ2v) is 5.47. The van der Waals surface area contributed by atoms with Crippen molar-refractivity contribution in [2.75, 3.05) is 26.2 Å². The molecule has 1 saturated heterocycles. The van der Waals surface area contributed by atoms with Gasteiger partial charge in [0.15, 0.2) is 0 Å². The highest BCUT2D eigenvalue weighted by Crippen LogP contribution is 2.27. The van der Waals surface area contributed by atoms with Crippen LogP contribution in [0.2, 0.25) is 10.0 Å². The summed E-state index contributed by atoms with van der Waals surface area (Å²) >= 11 is 11.9. The fourth-order valence-corrected chi connectivity index (χ4v) is 2.71. The van der Waals surface area contributed by atoms with Crippen LogP contribution in [0.4, 0.5) is 0 Å². The summed E-state index contributed by atoms with van der Waals surface area (Å²) in [5.74, 6) is 0. The Balaban J connectivity index is 2.00.